The van der Waals surface area contributed by atoms with Crippen LogP contribution in [0.25, 0.3) is 0 Å². The van der Waals surface area contributed by atoms with E-state index in [1.165, 1.54) is 4.88 Å². The largest absolute Gasteiger partial charge is 0.338 e. The van der Waals surface area contributed by atoms with E-state index in [1.807, 2.05) is 18.4 Å². The molecule has 3 nitrogen and oxygen atoms in total. The number of hydrogen-bond donors (Lipinski definition) is 1. The van der Waals surface area contributed by atoms with Crippen LogP contribution in [0.3, 0.4) is 0 Å². The Balaban J connectivity index is 0.00000180. The van der Waals surface area contributed by atoms with Crippen LogP contribution in [0.5, 0.6) is 0 Å². The molecule has 1 aromatic rings. The Morgan fingerprint density at radius 3 is 2.95 bits per heavy atom. The fourth-order valence-corrected chi connectivity index (χ4v) is 3.30. The molecule has 0 bridgehead atoms. The van der Waals surface area contributed by atoms with Crippen LogP contribution < -0.4 is 5.32 Å². The fraction of sp³-hybridized carbons (Fsp3) is 0.643. The van der Waals surface area contributed by atoms with Gasteiger partial charge in [-0.05, 0) is 37.8 Å². The topological polar surface area (TPSA) is 32.3 Å². The summed E-state index contributed by atoms with van der Waals surface area (Å²) in [7, 11) is 0. The number of halogens is 1. The number of amides is 1. The maximum absolute atomic E-state index is 12.6. The number of carbonyl (C=O) groups is 1. The van der Waals surface area contributed by atoms with Gasteiger partial charge in [-0.3, -0.25) is 4.79 Å². The summed E-state index contributed by atoms with van der Waals surface area (Å²) in [6.45, 7) is 7.02. The van der Waals surface area contributed by atoms with Gasteiger partial charge in [0.15, 0.2) is 0 Å². The maximum atomic E-state index is 12.6. The Morgan fingerprint density at radius 2 is 2.42 bits per heavy atom. The number of hydrogen-bond acceptors (Lipinski definition) is 3. The van der Waals surface area contributed by atoms with Crippen LogP contribution in [0.4, 0.5) is 0 Å². The summed E-state index contributed by atoms with van der Waals surface area (Å²) in [5.74, 6) is 0.283. The zero-order chi connectivity index (χ0) is 13.0. The Morgan fingerprint density at radius 1 is 1.63 bits per heavy atom. The fourth-order valence-electron chi connectivity index (χ4n) is 2.53. The van der Waals surface area contributed by atoms with Crippen LogP contribution in [-0.4, -0.2) is 36.5 Å². The van der Waals surface area contributed by atoms with E-state index in [9.17, 15) is 4.79 Å². The van der Waals surface area contributed by atoms with E-state index in [1.54, 1.807) is 11.3 Å². The molecule has 0 aliphatic carbocycles. The minimum Gasteiger partial charge on any atom is -0.338 e. The van der Waals surface area contributed by atoms with Crippen molar-refractivity contribution in [3.05, 3.63) is 22.4 Å². The van der Waals surface area contributed by atoms with E-state index >= 15 is 0 Å². The second kappa shape index (κ2) is 7.88. The van der Waals surface area contributed by atoms with Crippen LogP contribution in [0.15, 0.2) is 17.5 Å². The third-order valence-electron chi connectivity index (χ3n) is 3.56. The quantitative estimate of drug-likeness (QED) is 0.907. The lowest BCUT2D eigenvalue weighted by Crippen LogP contribution is -2.43. The first-order valence-electron chi connectivity index (χ1n) is 6.78. The van der Waals surface area contributed by atoms with Gasteiger partial charge in [0.1, 0.15) is 0 Å². The molecule has 1 amide bonds. The van der Waals surface area contributed by atoms with Crippen LogP contribution in [-0.2, 0) is 4.79 Å². The van der Waals surface area contributed by atoms with Gasteiger partial charge in [-0.25, -0.2) is 0 Å². The molecular formula is C14H23ClN2OS. The third-order valence-corrected chi connectivity index (χ3v) is 4.62. The molecule has 1 N–H and O–H groups in total. The van der Waals surface area contributed by atoms with Gasteiger partial charge in [-0.2, -0.15) is 0 Å². The number of nitrogens with zero attached hydrogens (tertiary/aromatic N) is 1. The van der Waals surface area contributed by atoms with Crippen molar-refractivity contribution in [3.63, 3.8) is 0 Å². The average Bonchev–Trinajstić information content (AvgIpc) is 3.05. The molecule has 2 unspecified atom stereocenters. The molecule has 0 radical (unpaired) electrons. The maximum Gasteiger partial charge on any atom is 0.230 e. The summed E-state index contributed by atoms with van der Waals surface area (Å²) in [4.78, 5) is 15.9. The first kappa shape index (κ1) is 16.5. The molecule has 0 spiro atoms. The summed E-state index contributed by atoms with van der Waals surface area (Å²) in [5, 5.41) is 5.39. The summed E-state index contributed by atoms with van der Waals surface area (Å²) in [6, 6.07) is 4.47. The van der Waals surface area contributed by atoms with Crippen molar-refractivity contribution in [3.8, 4) is 0 Å². The summed E-state index contributed by atoms with van der Waals surface area (Å²) in [6.07, 6.45) is 2.11. The van der Waals surface area contributed by atoms with Crippen LogP contribution in [0, 0.1) is 0 Å². The van der Waals surface area contributed by atoms with Crippen LogP contribution >= 0.6 is 23.7 Å². The predicted octanol–water partition coefficient (Wildman–Crippen LogP) is 2.87. The predicted molar refractivity (Wildman–Crippen MR) is 83.3 cm³/mol. The van der Waals surface area contributed by atoms with Gasteiger partial charge in [-0.15, -0.1) is 23.7 Å². The summed E-state index contributed by atoms with van der Waals surface area (Å²) in [5.41, 5.74) is 0. The van der Waals surface area contributed by atoms with Crippen molar-refractivity contribution in [2.75, 3.05) is 19.6 Å². The molecule has 1 aromatic heterocycles. The van der Waals surface area contributed by atoms with Gasteiger partial charge in [-0.1, -0.05) is 13.0 Å². The zero-order valence-corrected chi connectivity index (χ0v) is 13.2. The first-order valence-corrected chi connectivity index (χ1v) is 7.66. The Kier molecular flexibility index (Phi) is 6.83. The van der Waals surface area contributed by atoms with Crippen molar-refractivity contribution in [1.29, 1.82) is 0 Å². The summed E-state index contributed by atoms with van der Waals surface area (Å²) >= 11 is 1.67. The highest BCUT2D eigenvalue weighted by Crippen LogP contribution is 2.24. The molecule has 2 atom stereocenters. The van der Waals surface area contributed by atoms with E-state index < -0.39 is 0 Å². The minimum atomic E-state index is -0.00264. The first-order chi connectivity index (χ1) is 8.74. The lowest BCUT2D eigenvalue weighted by atomic mass is 10.1. The molecule has 1 aliphatic rings. The summed E-state index contributed by atoms with van der Waals surface area (Å²) < 4.78 is 0. The molecule has 1 aliphatic heterocycles. The molecule has 2 rings (SSSR count). The lowest BCUT2D eigenvalue weighted by Gasteiger charge is -2.30. The SMILES string of the molecule is CCCN(C(=O)C(C)c1cccs1)C1CCNC1.Cl. The van der Waals surface area contributed by atoms with Crippen LogP contribution in [0.1, 0.15) is 37.5 Å². The number of rotatable bonds is 5. The van der Waals surface area contributed by atoms with Gasteiger partial charge in [0.25, 0.3) is 0 Å². The van der Waals surface area contributed by atoms with Crippen molar-refractivity contribution < 1.29 is 4.79 Å². The van der Waals surface area contributed by atoms with Gasteiger partial charge in [0.05, 0.1) is 5.92 Å². The van der Waals surface area contributed by atoms with Crippen LogP contribution in [0.2, 0.25) is 0 Å². The number of carbonyl (C=O) groups excluding carboxylic acids is 1. The van der Waals surface area contributed by atoms with Crippen molar-refractivity contribution in [2.24, 2.45) is 0 Å². The highest BCUT2D eigenvalue weighted by atomic mass is 35.5. The third kappa shape index (κ3) is 3.94. The lowest BCUT2D eigenvalue weighted by molar-refractivity contribution is -0.134. The normalized spacial score (nSPS) is 19.8. The molecule has 2 heterocycles. The standard InChI is InChI=1S/C14H22N2OS.ClH/c1-3-8-16(12-6-7-15-10-12)14(17)11(2)13-5-4-9-18-13;/h4-5,9,11-12,15H,3,6-8,10H2,1-2H3;1H. The van der Waals surface area contributed by atoms with E-state index in [0.717, 1.165) is 32.5 Å². The second-order valence-electron chi connectivity index (χ2n) is 4.92. The molecule has 108 valence electrons. The van der Waals surface area contributed by atoms with Gasteiger partial charge in [0.2, 0.25) is 5.91 Å². The molecule has 1 saturated heterocycles. The second-order valence-corrected chi connectivity index (χ2v) is 5.89. The molecule has 1 fully saturated rings. The van der Waals surface area contributed by atoms with Crippen molar-refractivity contribution in [1.82, 2.24) is 10.2 Å². The minimum absolute atomic E-state index is 0. The monoisotopic (exact) mass is 302 g/mol. The number of thiophene rings is 1. The molecule has 0 aromatic carbocycles. The van der Waals surface area contributed by atoms with Gasteiger partial charge in [0, 0.05) is 24.0 Å². The van der Waals surface area contributed by atoms with Crippen molar-refractivity contribution in [2.45, 2.75) is 38.6 Å². The molecule has 0 saturated carbocycles. The molecule has 19 heavy (non-hydrogen) atoms. The Labute approximate surface area is 125 Å². The van der Waals surface area contributed by atoms with Gasteiger partial charge >= 0.3 is 0 Å². The van der Waals surface area contributed by atoms with E-state index in [-0.39, 0.29) is 24.2 Å². The van der Waals surface area contributed by atoms with E-state index in [4.69, 9.17) is 0 Å². The highest BCUT2D eigenvalue weighted by molar-refractivity contribution is 7.10. The van der Waals surface area contributed by atoms with E-state index in [0.29, 0.717) is 6.04 Å². The van der Waals surface area contributed by atoms with E-state index in [2.05, 4.69) is 23.2 Å². The Hall–Kier alpha value is -0.580. The average molecular weight is 303 g/mol. The Bertz CT molecular complexity index is 377. The number of nitrogens with one attached hydrogen (secondary N) is 1. The molecular weight excluding hydrogens is 280 g/mol. The van der Waals surface area contributed by atoms with Gasteiger partial charge < -0.3 is 10.2 Å². The smallest absolute Gasteiger partial charge is 0.230 e. The van der Waals surface area contributed by atoms with Crippen molar-refractivity contribution >= 4 is 29.7 Å². The zero-order valence-electron chi connectivity index (χ0n) is 11.6. The molecule has 5 heteroatoms. The highest BCUT2D eigenvalue weighted by Gasteiger charge is 2.29.